The highest BCUT2D eigenvalue weighted by Crippen LogP contribution is 2.31. The maximum absolute atomic E-state index is 6.17. The lowest BCUT2D eigenvalue weighted by Crippen LogP contribution is -2.17. The summed E-state index contributed by atoms with van der Waals surface area (Å²) in [6, 6.07) is 6.19. The molecule has 1 aromatic carbocycles. The van der Waals surface area contributed by atoms with Gasteiger partial charge in [-0.25, -0.2) is 9.97 Å². The van der Waals surface area contributed by atoms with E-state index in [4.69, 9.17) is 19.4 Å². The Morgan fingerprint density at radius 1 is 0.885 bits per heavy atom. The van der Waals surface area contributed by atoms with Gasteiger partial charge in [-0.15, -0.1) is 0 Å². The van der Waals surface area contributed by atoms with Crippen molar-refractivity contribution in [2.24, 2.45) is 0 Å². The van der Waals surface area contributed by atoms with E-state index >= 15 is 0 Å². The number of rotatable bonds is 9. The van der Waals surface area contributed by atoms with Gasteiger partial charge in [0, 0.05) is 5.56 Å². The smallest absolute Gasteiger partial charge is 0.236 e. The van der Waals surface area contributed by atoms with E-state index in [-0.39, 0.29) is 6.10 Å². The zero-order chi connectivity index (χ0) is 19.1. The van der Waals surface area contributed by atoms with Crippen LogP contribution in [-0.2, 0) is 19.3 Å². The summed E-state index contributed by atoms with van der Waals surface area (Å²) >= 11 is 0. The first-order chi connectivity index (χ1) is 12.6. The molecule has 0 amide bonds. The van der Waals surface area contributed by atoms with Crippen LogP contribution in [0, 0.1) is 0 Å². The van der Waals surface area contributed by atoms with Crippen LogP contribution in [0.25, 0.3) is 11.3 Å². The van der Waals surface area contributed by atoms with Crippen LogP contribution in [0.2, 0.25) is 0 Å². The quantitative estimate of drug-likeness (QED) is 0.603. The minimum absolute atomic E-state index is 0.192. The third-order valence-electron chi connectivity index (χ3n) is 4.81. The molecule has 0 aliphatic heterocycles. The lowest BCUT2D eigenvalue weighted by Gasteiger charge is -2.19. The highest BCUT2D eigenvalue weighted by Gasteiger charge is 2.18. The Balaban J connectivity index is 2.56. The third kappa shape index (κ3) is 4.35. The minimum atomic E-state index is 0.192. The molecule has 142 valence electrons. The standard InChI is InChI=1S/C22H32N2O2/c1-7-15-14-17(25-6)12-13-18(15)21-19(10-4)24-22(20(11-5)23-21)26-16(8-2)9-3/h12-14,16H,7-11H2,1-6H3. The van der Waals surface area contributed by atoms with Crippen molar-refractivity contribution >= 4 is 0 Å². The molecule has 2 aromatic rings. The van der Waals surface area contributed by atoms with Crippen molar-refractivity contribution < 1.29 is 9.47 Å². The number of aryl methyl sites for hydroxylation is 3. The van der Waals surface area contributed by atoms with E-state index in [1.807, 2.05) is 6.07 Å². The molecule has 4 nitrogen and oxygen atoms in total. The Morgan fingerprint density at radius 3 is 2.12 bits per heavy atom. The predicted molar refractivity (Wildman–Crippen MR) is 107 cm³/mol. The molecule has 0 saturated carbocycles. The van der Waals surface area contributed by atoms with E-state index in [1.165, 1.54) is 5.56 Å². The summed E-state index contributed by atoms with van der Waals surface area (Å²) in [7, 11) is 1.70. The van der Waals surface area contributed by atoms with Gasteiger partial charge >= 0.3 is 0 Å². The van der Waals surface area contributed by atoms with Crippen LogP contribution in [0.4, 0.5) is 0 Å². The van der Waals surface area contributed by atoms with Crippen LogP contribution in [0.3, 0.4) is 0 Å². The topological polar surface area (TPSA) is 44.2 Å². The van der Waals surface area contributed by atoms with E-state index in [1.54, 1.807) is 7.11 Å². The van der Waals surface area contributed by atoms with Gasteiger partial charge in [-0.05, 0) is 55.9 Å². The molecule has 0 fully saturated rings. The minimum Gasteiger partial charge on any atom is -0.497 e. The number of aromatic nitrogens is 2. The number of nitrogens with zero attached hydrogens (tertiary/aromatic N) is 2. The van der Waals surface area contributed by atoms with E-state index in [2.05, 4.69) is 46.8 Å². The van der Waals surface area contributed by atoms with Crippen LogP contribution in [0.5, 0.6) is 11.6 Å². The van der Waals surface area contributed by atoms with Crippen LogP contribution >= 0.6 is 0 Å². The van der Waals surface area contributed by atoms with E-state index in [0.29, 0.717) is 5.88 Å². The zero-order valence-electron chi connectivity index (χ0n) is 17.1. The van der Waals surface area contributed by atoms with Gasteiger partial charge < -0.3 is 9.47 Å². The second-order valence-electron chi connectivity index (χ2n) is 6.41. The van der Waals surface area contributed by atoms with Crippen LogP contribution in [0.1, 0.15) is 64.4 Å². The molecule has 2 rings (SSSR count). The second kappa shape index (κ2) is 9.56. The number of methoxy groups -OCH3 is 1. The Bertz CT molecular complexity index is 724. The molecule has 0 saturated heterocycles. The van der Waals surface area contributed by atoms with Crippen molar-refractivity contribution in [2.75, 3.05) is 7.11 Å². The molecule has 1 aromatic heterocycles. The summed E-state index contributed by atoms with van der Waals surface area (Å²) in [5, 5.41) is 0. The van der Waals surface area contributed by atoms with Crippen molar-refractivity contribution in [1.29, 1.82) is 0 Å². The monoisotopic (exact) mass is 356 g/mol. The Hall–Kier alpha value is -2.10. The van der Waals surface area contributed by atoms with Crippen LogP contribution in [0.15, 0.2) is 18.2 Å². The predicted octanol–water partition coefficient (Wildman–Crippen LogP) is 5.41. The van der Waals surface area contributed by atoms with Crippen molar-refractivity contribution in [3.63, 3.8) is 0 Å². The zero-order valence-corrected chi connectivity index (χ0v) is 17.1. The molecule has 1 heterocycles. The molecule has 0 radical (unpaired) electrons. The second-order valence-corrected chi connectivity index (χ2v) is 6.41. The molecule has 0 bridgehead atoms. The molecular weight excluding hydrogens is 324 g/mol. The van der Waals surface area contributed by atoms with Gasteiger partial charge in [0.2, 0.25) is 5.88 Å². The van der Waals surface area contributed by atoms with E-state index in [9.17, 15) is 0 Å². The highest BCUT2D eigenvalue weighted by atomic mass is 16.5. The van der Waals surface area contributed by atoms with Crippen LogP contribution < -0.4 is 9.47 Å². The van der Waals surface area contributed by atoms with Crippen LogP contribution in [-0.4, -0.2) is 23.2 Å². The first kappa shape index (κ1) is 20.2. The molecule has 26 heavy (non-hydrogen) atoms. The summed E-state index contributed by atoms with van der Waals surface area (Å²) in [6.45, 7) is 10.7. The maximum atomic E-state index is 6.17. The summed E-state index contributed by atoms with van der Waals surface area (Å²) in [4.78, 5) is 9.87. The SMILES string of the molecule is CCc1cc(OC)ccc1-c1nc(CC)c(OC(CC)CC)nc1CC. The Labute approximate surface area is 158 Å². The summed E-state index contributed by atoms with van der Waals surface area (Å²) in [5.41, 5.74) is 5.26. The fourth-order valence-corrected chi connectivity index (χ4v) is 3.11. The van der Waals surface area contributed by atoms with Gasteiger partial charge in [-0.1, -0.05) is 34.6 Å². The average molecular weight is 357 g/mol. The van der Waals surface area contributed by atoms with Gasteiger partial charge in [0.15, 0.2) is 0 Å². The summed E-state index contributed by atoms with van der Waals surface area (Å²) in [5.74, 6) is 1.58. The number of ether oxygens (including phenoxy) is 2. The van der Waals surface area contributed by atoms with E-state index in [0.717, 1.165) is 60.5 Å². The fraction of sp³-hybridized carbons (Fsp3) is 0.545. The van der Waals surface area contributed by atoms with Gasteiger partial charge in [0.05, 0.1) is 24.6 Å². The largest absolute Gasteiger partial charge is 0.497 e. The molecule has 0 N–H and O–H groups in total. The average Bonchev–Trinajstić information content (AvgIpc) is 2.70. The maximum Gasteiger partial charge on any atom is 0.236 e. The first-order valence-electron chi connectivity index (χ1n) is 9.85. The lowest BCUT2D eigenvalue weighted by molar-refractivity contribution is 0.181. The lowest BCUT2D eigenvalue weighted by atomic mass is 9.99. The summed E-state index contributed by atoms with van der Waals surface area (Å²) < 4.78 is 11.5. The normalized spacial score (nSPS) is 11.0. The number of hydrogen-bond acceptors (Lipinski definition) is 4. The highest BCUT2D eigenvalue weighted by molar-refractivity contribution is 5.67. The molecule has 0 aliphatic carbocycles. The molecule has 4 heteroatoms. The third-order valence-corrected chi connectivity index (χ3v) is 4.81. The van der Waals surface area contributed by atoms with Crippen molar-refractivity contribution in [1.82, 2.24) is 9.97 Å². The molecule has 0 atom stereocenters. The number of hydrogen-bond donors (Lipinski definition) is 0. The van der Waals surface area contributed by atoms with Crippen molar-refractivity contribution in [3.05, 3.63) is 35.2 Å². The van der Waals surface area contributed by atoms with Crippen molar-refractivity contribution in [2.45, 2.75) is 72.8 Å². The Morgan fingerprint density at radius 2 is 1.58 bits per heavy atom. The number of benzene rings is 1. The van der Waals surface area contributed by atoms with Gasteiger partial charge in [0.25, 0.3) is 0 Å². The first-order valence-corrected chi connectivity index (χ1v) is 9.85. The van der Waals surface area contributed by atoms with Gasteiger partial charge in [0.1, 0.15) is 11.4 Å². The van der Waals surface area contributed by atoms with Gasteiger partial charge in [-0.2, -0.15) is 0 Å². The summed E-state index contributed by atoms with van der Waals surface area (Å²) in [6.07, 6.45) is 4.69. The molecule has 0 spiro atoms. The molecule has 0 aliphatic rings. The van der Waals surface area contributed by atoms with E-state index < -0.39 is 0 Å². The van der Waals surface area contributed by atoms with Gasteiger partial charge in [-0.3, -0.25) is 0 Å². The molecule has 0 unspecified atom stereocenters. The fourth-order valence-electron chi connectivity index (χ4n) is 3.11. The van der Waals surface area contributed by atoms with Crippen molar-refractivity contribution in [3.8, 4) is 22.9 Å². The molecular formula is C22H32N2O2. The Kier molecular flexibility index (Phi) is 7.43.